The molecule has 8 nitrogen and oxygen atoms in total. The van der Waals surface area contributed by atoms with Crippen LogP contribution in [0.5, 0.6) is 23.1 Å². The van der Waals surface area contributed by atoms with E-state index >= 15 is 4.39 Å². The first kappa shape index (κ1) is 28.1. The Kier molecular flexibility index (Phi) is 8.21. The molecular formula is C31H28F2N2O6. The minimum absolute atomic E-state index is 0.0483. The molecule has 2 aromatic carbocycles. The van der Waals surface area contributed by atoms with Gasteiger partial charge in [-0.25, -0.2) is 13.8 Å². The number of benzene rings is 2. The van der Waals surface area contributed by atoms with Gasteiger partial charge in [-0.2, -0.15) is 0 Å². The lowest BCUT2D eigenvalue weighted by atomic mass is 9.88. The summed E-state index contributed by atoms with van der Waals surface area (Å²) < 4.78 is 50.2. The van der Waals surface area contributed by atoms with Crippen LogP contribution in [0, 0.1) is 17.0 Å². The van der Waals surface area contributed by atoms with Crippen LogP contribution in [-0.4, -0.2) is 49.0 Å². The molecule has 41 heavy (non-hydrogen) atoms. The van der Waals surface area contributed by atoms with Crippen LogP contribution in [0.2, 0.25) is 0 Å². The Morgan fingerprint density at radius 3 is 2.22 bits per heavy atom. The van der Waals surface area contributed by atoms with Crippen LogP contribution in [0.25, 0.3) is 11.0 Å². The third kappa shape index (κ3) is 6.17. The number of fused-ring (bicyclic) bond motifs is 1. The molecule has 0 bridgehead atoms. The van der Waals surface area contributed by atoms with E-state index in [2.05, 4.69) is 9.97 Å². The Hall–Kier alpha value is -4.44. The summed E-state index contributed by atoms with van der Waals surface area (Å²) in [5, 5.41) is 0. The van der Waals surface area contributed by atoms with E-state index in [1.807, 2.05) is 0 Å². The molecule has 2 heterocycles. The molecule has 2 aromatic heterocycles. The highest BCUT2D eigenvalue weighted by molar-refractivity contribution is 6.10. The summed E-state index contributed by atoms with van der Waals surface area (Å²) in [6.07, 6.45) is 2.38. The number of ketones is 2. The first-order valence-corrected chi connectivity index (χ1v) is 13.1. The van der Waals surface area contributed by atoms with Crippen molar-refractivity contribution in [3.63, 3.8) is 0 Å². The molecule has 5 rings (SSSR count). The Morgan fingerprint density at radius 1 is 0.854 bits per heavy atom. The first-order chi connectivity index (χ1) is 19.8. The maximum absolute atomic E-state index is 15.1. The summed E-state index contributed by atoms with van der Waals surface area (Å²) in [7, 11) is 3.02. The number of ether oxygens (including phenoxy) is 4. The summed E-state index contributed by atoms with van der Waals surface area (Å²) in [4.78, 5) is 34.8. The van der Waals surface area contributed by atoms with Crippen molar-refractivity contribution in [2.45, 2.75) is 25.7 Å². The molecule has 1 saturated carbocycles. The van der Waals surface area contributed by atoms with Gasteiger partial charge in [0.05, 0.1) is 24.6 Å². The monoisotopic (exact) mass is 562 g/mol. The molecule has 10 heteroatoms. The molecule has 0 saturated heterocycles. The number of hydrogen-bond acceptors (Lipinski definition) is 8. The highest BCUT2D eigenvalue weighted by Crippen LogP contribution is 2.49. The van der Waals surface area contributed by atoms with Crippen LogP contribution >= 0.6 is 0 Å². The fraction of sp³-hybridized carbons (Fsp3) is 0.290. The zero-order valence-electron chi connectivity index (χ0n) is 22.6. The van der Waals surface area contributed by atoms with Gasteiger partial charge in [-0.3, -0.25) is 14.6 Å². The molecule has 0 N–H and O–H groups in total. The van der Waals surface area contributed by atoms with Gasteiger partial charge in [0.25, 0.3) is 5.88 Å². The Bertz CT molecular complexity index is 1590. The lowest BCUT2D eigenvalue weighted by molar-refractivity contribution is -0.133. The van der Waals surface area contributed by atoms with Gasteiger partial charge in [0.1, 0.15) is 17.9 Å². The lowest BCUT2D eigenvalue weighted by Crippen LogP contribution is -2.28. The van der Waals surface area contributed by atoms with Crippen LogP contribution < -0.4 is 14.2 Å². The SMILES string of the molecule is COCCOc1cc2nccc(Oc3ccc(CC(=O)C4(C(=O)Cc5ccc(F)cc5)CC4)cc3F)c2nc1OC. The topological polar surface area (TPSA) is 96.8 Å². The number of rotatable bonds is 13. The van der Waals surface area contributed by atoms with Gasteiger partial charge in [0, 0.05) is 38.3 Å². The minimum atomic E-state index is -1.06. The average Bonchev–Trinajstić information content (AvgIpc) is 3.78. The van der Waals surface area contributed by atoms with E-state index < -0.39 is 17.0 Å². The second-order valence-electron chi connectivity index (χ2n) is 9.79. The van der Waals surface area contributed by atoms with Gasteiger partial charge in [0.15, 0.2) is 34.6 Å². The summed E-state index contributed by atoms with van der Waals surface area (Å²) in [6.45, 7) is 0.672. The zero-order chi connectivity index (χ0) is 29.0. The van der Waals surface area contributed by atoms with E-state index in [1.165, 1.54) is 49.7 Å². The Balaban J connectivity index is 1.29. The van der Waals surface area contributed by atoms with E-state index in [4.69, 9.17) is 18.9 Å². The maximum Gasteiger partial charge on any atom is 0.257 e. The standard InChI is InChI=1S/C31H28F2N2O6/c1-38-13-14-40-26-18-23-29(35-30(26)39-2)25(9-12-34-23)41-24-8-5-20(15-22(24)33)17-28(37)31(10-11-31)27(36)16-19-3-6-21(32)7-4-19/h3-9,12,15,18H,10-11,13-14,16-17H2,1-2H3. The van der Waals surface area contributed by atoms with E-state index in [0.717, 1.165) is 0 Å². The van der Waals surface area contributed by atoms with E-state index in [9.17, 15) is 14.0 Å². The van der Waals surface area contributed by atoms with Crippen molar-refractivity contribution in [1.29, 1.82) is 0 Å². The largest absolute Gasteiger partial charge is 0.485 e. The molecule has 1 fully saturated rings. The van der Waals surface area contributed by atoms with Crippen molar-refractivity contribution in [3.05, 3.63) is 83.6 Å². The Labute approximate surface area is 235 Å². The number of methoxy groups -OCH3 is 2. The van der Waals surface area contributed by atoms with Crippen molar-refractivity contribution >= 4 is 22.6 Å². The van der Waals surface area contributed by atoms with E-state index in [-0.39, 0.29) is 41.8 Å². The van der Waals surface area contributed by atoms with Crippen molar-refractivity contribution < 1.29 is 37.3 Å². The fourth-order valence-corrected chi connectivity index (χ4v) is 4.58. The van der Waals surface area contributed by atoms with Crippen molar-refractivity contribution in [2.75, 3.05) is 27.4 Å². The predicted molar refractivity (Wildman–Crippen MR) is 145 cm³/mol. The van der Waals surface area contributed by atoms with Gasteiger partial charge in [0.2, 0.25) is 0 Å². The van der Waals surface area contributed by atoms with Gasteiger partial charge in [-0.05, 0) is 48.2 Å². The molecule has 4 aromatic rings. The minimum Gasteiger partial charge on any atom is -0.485 e. The number of pyridine rings is 2. The van der Waals surface area contributed by atoms with Gasteiger partial charge in [-0.1, -0.05) is 18.2 Å². The van der Waals surface area contributed by atoms with Crippen molar-refractivity contribution in [1.82, 2.24) is 9.97 Å². The normalized spacial score (nSPS) is 13.6. The highest BCUT2D eigenvalue weighted by Gasteiger charge is 2.54. The number of aromatic nitrogens is 2. The molecule has 1 aliphatic rings. The van der Waals surface area contributed by atoms with E-state index in [0.29, 0.717) is 54.0 Å². The third-order valence-electron chi connectivity index (χ3n) is 7.02. The number of carbonyl (C=O) groups excluding carboxylic acids is 2. The van der Waals surface area contributed by atoms with Gasteiger partial charge < -0.3 is 18.9 Å². The Morgan fingerprint density at radius 2 is 1.56 bits per heavy atom. The molecule has 0 aliphatic heterocycles. The smallest absolute Gasteiger partial charge is 0.257 e. The molecule has 0 amide bonds. The predicted octanol–water partition coefficient (Wildman–Crippen LogP) is 5.44. The lowest BCUT2D eigenvalue weighted by Gasteiger charge is -2.14. The number of hydrogen-bond donors (Lipinski definition) is 0. The van der Waals surface area contributed by atoms with Crippen molar-refractivity contribution in [2.24, 2.45) is 5.41 Å². The van der Waals surface area contributed by atoms with Crippen molar-refractivity contribution in [3.8, 4) is 23.1 Å². The first-order valence-electron chi connectivity index (χ1n) is 13.1. The van der Waals surface area contributed by atoms with Crippen LogP contribution in [0.15, 0.2) is 60.8 Å². The molecule has 1 aliphatic carbocycles. The molecule has 212 valence electrons. The summed E-state index contributed by atoms with van der Waals surface area (Å²) in [6, 6.07) is 13.1. The second kappa shape index (κ2) is 12.0. The average molecular weight is 563 g/mol. The molecular weight excluding hydrogens is 534 g/mol. The van der Waals surface area contributed by atoms with E-state index in [1.54, 1.807) is 25.3 Å². The fourth-order valence-electron chi connectivity index (χ4n) is 4.58. The van der Waals surface area contributed by atoms with Gasteiger partial charge in [-0.15, -0.1) is 0 Å². The van der Waals surface area contributed by atoms with Crippen LogP contribution in [0.4, 0.5) is 8.78 Å². The second-order valence-corrected chi connectivity index (χ2v) is 9.79. The molecule has 0 unspecified atom stereocenters. The number of carbonyl (C=O) groups is 2. The zero-order valence-corrected chi connectivity index (χ0v) is 22.6. The number of halogens is 2. The highest BCUT2D eigenvalue weighted by atomic mass is 19.1. The summed E-state index contributed by atoms with van der Waals surface area (Å²) in [5.74, 6) is -0.735. The van der Waals surface area contributed by atoms with Crippen LogP contribution in [0.3, 0.4) is 0 Å². The molecule has 0 atom stereocenters. The summed E-state index contributed by atoms with van der Waals surface area (Å²) in [5.41, 5.74) is 0.815. The summed E-state index contributed by atoms with van der Waals surface area (Å²) >= 11 is 0. The quantitative estimate of drug-likeness (QED) is 0.157. The van der Waals surface area contributed by atoms with Crippen LogP contribution in [0.1, 0.15) is 24.0 Å². The maximum atomic E-state index is 15.1. The third-order valence-corrected chi connectivity index (χ3v) is 7.02. The van der Waals surface area contributed by atoms with Crippen LogP contribution in [-0.2, 0) is 27.2 Å². The van der Waals surface area contributed by atoms with Gasteiger partial charge >= 0.3 is 0 Å². The number of nitrogens with zero attached hydrogens (tertiary/aromatic N) is 2. The number of Topliss-reactive ketones (excluding diaryl/α,β-unsaturated/α-hetero) is 2. The molecule has 0 radical (unpaired) electrons. The molecule has 0 spiro atoms.